The van der Waals surface area contributed by atoms with Crippen molar-refractivity contribution in [2.45, 2.75) is 108 Å². The lowest BCUT2D eigenvalue weighted by Crippen LogP contribution is -2.59. The van der Waals surface area contributed by atoms with Crippen molar-refractivity contribution in [3.8, 4) is 0 Å². The van der Waals surface area contributed by atoms with Gasteiger partial charge < -0.3 is 69.2 Å². The molecular weight excluding hydrogens is 973 g/mol. The molecule has 1 fully saturated rings. The number of aromatic amines is 1. The number of nitrogens with one attached hydrogen (secondary N) is 7. The number of amides is 8. The standard InChI is InChI=1S/C43H64N12O12S3/c1-23(2)36(54-32(56)12-16-69-70-17-13-34(58)59)41(66)51-27(10-5-6-14-47-43(45)46)38(63)49-21-33(57)50-28(19-35(60)61)39(64)52-29(18-24-20-48-26-9-4-3-8-25(24)26)42(67)55-15-7-11-31(55)40(65)53-30(22-68)37(44)62/h3-4,8-9,20,23,27-31,36,48,68H,5-7,10-19,21-22H2,1-2H3,(H2,44,62)(H,49,63)(H,50,57)(H,51,66)(H,52,64)(H,53,65)(H,54,56)(H,58,59)(H,60,61)(H4,45,46,47)/t27-,28-,29-,30-,31-,36-/m0/s1. The minimum absolute atomic E-state index is 0.0293. The van der Waals surface area contributed by atoms with Crippen LogP contribution in [0.25, 0.3) is 10.9 Å². The van der Waals surface area contributed by atoms with Gasteiger partial charge in [-0.3, -0.25) is 52.9 Å². The van der Waals surface area contributed by atoms with Gasteiger partial charge in [-0.1, -0.05) is 53.6 Å². The maximum absolute atomic E-state index is 14.4. The summed E-state index contributed by atoms with van der Waals surface area (Å²) in [5.41, 5.74) is 17.5. The van der Waals surface area contributed by atoms with Gasteiger partial charge in [0, 0.05) is 60.3 Å². The molecule has 15 N–H and O–H groups in total. The van der Waals surface area contributed by atoms with Crippen molar-refractivity contribution in [2.75, 3.05) is 36.9 Å². The molecule has 2 heterocycles. The van der Waals surface area contributed by atoms with Gasteiger partial charge >= 0.3 is 11.9 Å². The van der Waals surface area contributed by atoms with Crippen molar-refractivity contribution in [3.05, 3.63) is 36.0 Å². The number of rotatable bonds is 31. The number of primary amides is 1. The SMILES string of the molecule is CC(C)[C@H](NC(=O)CCSSCCC(=O)O)C(=O)N[C@@H](CCCCN=C(N)N)C(=O)NCC(=O)N[C@@H](CC(=O)O)C(=O)N[C@@H](Cc1c[nH]c2ccccc12)C(=O)N1CCC[C@H]1C(=O)N[C@@H](CS)C(N)=O. The number of unbranched alkanes of at least 4 members (excludes halogenated alkanes) is 1. The Morgan fingerprint density at radius 1 is 0.814 bits per heavy atom. The highest BCUT2D eigenvalue weighted by Gasteiger charge is 2.40. The highest BCUT2D eigenvalue weighted by Crippen LogP contribution is 2.24. The molecule has 0 bridgehead atoms. The number of benzene rings is 1. The molecule has 0 radical (unpaired) electrons. The van der Waals surface area contributed by atoms with Crippen LogP contribution in [0.2, 0.25) is 0 Å². The lowest BCUT2D eigenvalue weighted by Gasteiger charge is -2.30. The summed E-state index contributed by atoms with van der Waals surface area (Å²) in [6.45, 7) is 2.92. The van der Waals surface area contributed by atoms with Crippen LogP contribution in [0.15, 0.2) is 35.5 Å². The highest BCUT2D eigenvalue weighted by molar-refractivity contribution is 8.76. The number of carboxylic acid groups (broad SMARTS) is 2. The molecule has 70 heavy (non-hydrogen) atoms. The summed E-state index contributed by atoms with van der Waals surface area (Å²) in [5.74, 6) is -8.59. The minimum Gasteiger partial charge on any atom is -0.481 e. The summed E-state index contributed by atoms with van der Waals surface area (Å²) in [4.78, 5) is 138. The molecule has 1 saturated heterocycles. The van der Waals surface area contributed by atoms with E-state index in [1.807, 2.05) is 0 Å². The average Bonchev–Trinajstić information content (AvgIpc) is 3.96. The van der Waals surface area contributed by atoms with Crippen LogP contribution in [0.4, 0.5) is 0 Å². The van der Waals surface area contributed by atoms with Crippen LogP contribution in [-0.2, 0) is 54.4 Å². The molecule has 0 spiro atoms. The van der Waals surface area contributed by atoms with Crippen molar-refractivity contribution in [3.63, 3.8) is 0 Å². The van der Waals surface area contributed by atoms with Gasteiger partial charge in [-0.05, 0) is 49.7 Å². The van der Waals surface area contributed by atoms with Gasteiger partial charge in [0.15, 0.2) is 5.96 Å². The Morgan fingerprint density at radius 2 is 1.50 bits per heavy atom. The van der Waals surface area contributed by atoms with E-state index in [1.54, 1.807) is 44.3 Å². The Labute approximate surface area is 417 Å². The number of aliphatic carboxylic acids is 2. The molecule has 386 valence electrons. The largest absolute Gasteiger partial charge is 0.481 e. The van der Waals surface area contributed by atoms with E-state index < -0.39 is 114 Å². The second-order valence-electron chi connectivity index (χ2n) is 16.6. The molecule has 3 rings (SSSR count). The molecule has 0 aliphatic carbocycles. The first-order valence-corrected chi connectivity index (χ1v) is 25.6. The van der Waals surface area contributed by atoms with Gasteiger partial charge in [-0.2, -0.15) is 12.6 Å². The molecule has 2 aromatic rings. The number of carbonyl (C=O) groups excluding carboxylic acids is 8. The fraction of sp³-hybridized carbons (Fsp3) is 0.558. The molecule has 1 aliphatic heterocycles. The Kier molecular flexibility index (Phi) is 24.7. The van der Waals surface area contributed by atoms with Crippen molar-refractivity contribution < 1.29 is 58.2 Å². The van der Waals surface area contributed by atoms with Gasteiger partial charge in [0.05, 0.1) is 19.4 Å². The molecule has 1 aromatic carbocycles. The minimum atomic E-state index is -1.77. The quantitative estimate of drug-likeness (QED) is 0.0134. The van der Waals surface area contributed by atoms with E-state index >= 15 is 0 Å². The third-order valence-electron chi connectivity index (χ3n) is 10.8. The van der Waals surface area contributed by atoms with Crippen molar-refractivity contribution >= 4 is 110 Å². The predicted octanol–water partition coefficient (Wildman–Crippen LogP) is -1.52. The first-order valence-electron chi connectivity index (χ1n) is 22.5. The summed E-state index contributed by atoms with van der Waals surface area (Å²) < 4.78 is 0. The van der Waals surface area contributed by atoms with E-state index in [0.29, 0.717) is 36.3 Å². The third-order valence-corrected chi connectivity index (χ3v) is 13.6. The molecule has 24 nitrogen and oxygen atoms in total. The molecule has 0 unspecified atom stereocenters. The Bertz CT molecular complexity index is 2210. The number of likely N-dealkylation sites (tertiary alicyclic amines) is 1. The zero-order chi connectivity index (χ0) is 51.9. The number of H-pyrrole nitrogens is 1. The Balaban J connectivity index is 1.77. The van der Waals surface area contributed by atoms with Crippen molar-refractivity contribution in [1.82, 2.24) is 41.8 Å². The summed E-state index contributed by atoms with van der Waals surface area (Å²) >= 11 is 4.07. The molecule has 27 heteroatoms. The fourth-order valence-electron chi connectivity index (χ4n) is 7.25. The van der Waals surface area contributed by atoms with E-state index in [9.17, 15) is 53.1 Å². The van der Waals surface area contributed by atoms with Crippen LogP contribution in [-0.4, -0.2) is 158 Å². The monoisotopic (exact) mass is 1040 g/mol. The van der Waals surface area contributed by atoms with Crippen LogP contribution < -0.4 is 49.1 Å². The third kappa shape index (κ3) is 19.6. The molecule has 6 atom stereocenters. The topological polar surface area (TPSA) is 393 Å². The number of hydrogen-bond acceptors (Lipinski definition) is 14. The number of guanidine groups is 1. The first-order chi connectivity index (χ1) is 33.2. The second-order valence-corrected chi connectivity index (χ2v) is 19.7. The number of carbonyl (C=O) groups is 10. The normalized spacial score (nSPS) is 15.4. The van der Waals surface area contributed by atoms with Gasteiger partial charge in [-0.15, -0.1) is 0 Å². The Morgan fingerprint density at radius 3 is 2.14 bits per heavy atom. The number of nitrogens with two attached hydrogens (primary N) is 3. The summed E-state index contributed by atoms with van der Waals surface area (Å²) in [6, 6.07) is -0.481. The first kappa shape index (κ1) is 58.1. The highest BCUT2D eigenvalue weighted by atomic mass is 33.1. The molecule has 0 saturated carbocycles. The van der Waals surface area contributed by atoms with Crippen LogP contribution in [0, 0.1) is 5.92 Å². The molecule has 1 aromatic heterocycles. The number of para-hydroxylation sites is 1. The van der Waals surface area contributed by atoms with Crippen molar-refractivity contribution in [1.29, 1.82) is 0 Å². The van der Waals surface area contributed by atoms with Gasteiger partial charge in [0.2, 0.25) is 47.3 Å². The number of fused-ring (bicyclic) bond motifs is 1. The van der Waals surface area contributed by atoms with Crippen LogP contribution in [0.1, 0.15) is 70.8 Å². The van der Waals surface area contributed by atoms with Gasteiger partial charge in [-0.25, -0.2) is 0 Å². The number of aromatic nitrogens is 1. The fourth-order valence-corrected chi connectivity index (χ4v) is 9.49. The predicted molar refractivity (Wildman–Crippen MR) is 266 cm³/mol. The zero-order valence-electron chi connectivity index (χ0n) is 38.9. The summed E-state index contributed by atoms with van der Waals surface area (Å²) in [7, 11) is 2.62. The summed E-state index contributed by atoms with van der Waals surface area (Å²) in [6.07, 6.45) is 1.97. The average molecular weight is 1040 g/mol. The van der Waals surface area contributed by atoms with E-state index in [2.05, 4.69) is 54.5 Å². The molecule has 8 amide bonds. The maximum Gasteiger partial charge on any atom is 0.305 e. The number of aliphatic imine (C=N–C) groups is 1. The number of carboxylic acids is 2. The van der Waals surface area contributed by atoms with E-state index in [0.717, 1.165) is 10.9 Å². The lowest BCUT2D eigenvalue weighted by atomic mass is 10.0. The smallest absolute Gasteiger partial charge is 0.305 e. The van der Waals surface area contributed by atoms with Gasteiger partial charge in [0.25, 0.3) is 0 Å². The number of thiol groups is 1. The number of hydrogen-bond donors (Lipinski definition) is 13. The second kappa shape index (κ2) is 29.7. The zero-order valence-corrected chi connectivity index (χ0v) is 41.4. The molecular formula is C43H64N12O12S3. The van der Waals surface area contributed by atoms with E-state index in [1.165, 1.54) is 26.5 Å². The summed E-state index contributed by atoms with van der Waals surface area (Å²) in [5, 5.41) is 34.5. The van der Waals surface area contributed by atoms with E-state index in [4.69, 9.17) is 22.3 Å². The Hall–Kier alpha value is -6.22. The van der Waals surface area contributed by atoms with Crippen LogP contribution in [0.3, 0.4) is 0 Å². The van der Waals surface area contributed by atoms with Crippen LogP contribution >= 0.6 is 34.2 Å². The molecule has 1 aliphatic rings. The van der Waals surface area contributed by atoms with Crippen molar-refractivity contribution in [2.24, 2.45) is 28.1 Å². The number of nitrogens with zero attached hydrogens (tertiary/aromatic N) is 2. The van der Waals surface area contributed by atoms with E-state index in [-0.39, 0.29) is 56.9 Å². The lowest BCUT2D eigenvalue weighted by molar-refractivity contribution is -0.143. The van der Waals surface area contributed by atoms with Crippen LogP contribution in [0.5, 0.6) is 0 Å². The maximum atomic E-state index is 14.4. The van der Waals surface area contributed by atoms with Gasteiger partial charge in [0.1, 0.15) is 36.3 Å².